The predicted molar refractivity (Wildman–Crippen MR) is 231 cm³/mol. The molecule has 0 amide bonds. The number of aliphatic hydroxyl groups is 2. The maximum atomic E-state index is 9.36. The third-order valence-corrected chi connectivity index (χ3v) is 11.0. The van der Waals surface area contributed by atoms with Gasteiger partial charge in [-0.15, -0.1) is 0 Å². The lowest BCUT2D eigenvalue weighted by Crippen LogP contribution is -2.29. The summed E-state index contributed by atoms with van der Waals surface area (Å²) in [6, 6.07) is 69.4. The molecule has 0 radical (unpaired) electrons. The molecule has 0 heterocycles. The molecule has 0 bridgehead atoms. The fraction of sp³-hybridized carbons (Fsp3) is 0.0943. The summed E-state index contributed by atoms with van der Waals surface area (Å²) >= 11 is 0. The summed E-state index contributed by atoms with van der Waals surface area (Å²) in [5, 5.41) is 18.7. The van der Waals surface area contributed by atoms with Crippen LogP contribution in [0.15, 0.2) is 194 Å². The normalized spacial score (nSPS) is 12.5. The molecule has 0 saturated heterocycles. The van der Waals surface area contributed by atoms with Crippen molar-refractivity contribution in [3.8, 4) is 67.1 Å². The molecule has 2 N–H and O–H groups in total. The standard InChI is InChI=1S/C53H42O4/c54-27-29-56-47-23-19-39(20-24-47)43-31-41(37-11-3-1-4-12-37)33-45(35-43)53(51-17-9-7-15-49(51)50-16-8-10-18-52(50)53)46-34-42(38-13-5-2-6-14-38)32-44(36-46)40-21-25-48(26-22-40)57-30-28-55/h1-26,31-36,54-55H,27-30H2. The first kappa shape index (κ1) is 35.9. The van der Waals surface area contributed by atoms with Crippen LogP contribution >= 0.6 is 0 Å². The average molecular weight is 743 g/mol. The van der Waals surface area contributed by atoms with Crippen molar-refractivity contribution in [1.29, 1.82) is 0 Å². The topological polar surface area (TPSA) is 58.9 Å². The van der Waals surface area contributed by atoms with E-state index < -0.39 is 5.41 Å². The van der Waals surface area contributed by atoms with Crippen LogP contribution in [0.5, 0.6) is 11.5 Å². The van der Waals surface area contributed by atoms with Gasteiger partial charge in [0.05, 0.1) is 18.6 Å². The van der Waals surface area contributed by atoms with E-state index >= 15 is 0 Å². The molecule has 0 fully saturated rings. The summed E-state index contributed by atoms with van der Waals surface area (Å²) in [4.78, 5) is 0. The molecule has 8 aromatic rings. The van der Waals surface area contributed by atoms with Crippen molar-refractivity contribution in [3.63, 3.8) is 0 Å². The molecule has 9 rings (SSSR count). The first-order chi connectivity index (χ1) is 28.1. The maximum Gasteiger partial charge on any atom is 0.119 e. The van der Waals surface area contributed by atoms with Crippen LogP contribution in [-0.2, 0) is 5.41 Å². The van der Waals surface area contributed by atoms with Crippen molar-refractivity contribution >= 4 is 0 Å². The second-order valence-corrected chi connectivity index (χ2v) is 14.4. The molecule has 1 aliphatic rings. The van der Waals surface area contributed by atoms with Crippen molar-refractivity contribution in [2.45, 2.75) is 5.41 Å². The first-order valence-electron chi connectivity index (χ1n) is 19.5. The van der Waals surface area contributed by atoms with E-state index in [2.05, 4.69) is 170 Å². The lowest BCUT2D eigenvalue weighted by Gasteiger charge is -2.35. The van der Waals surface area contributed by atoms with E-state index in [9.17, 15) is 10.2 Å². The molecule has 0 saturated carbocycles. The Morgan fingerprint density at radius 1 is 0.333 bits per heavy atom. The molecule has 57 heavy (non-hydrogen) atoms. The number of benzene rings is 8. The molecule has 0 atom stereocenters. The van der Waals surface area contributed by atoms with E-state index in [1.54, 1.807) is 0 Å². The maximum absolute atomic E-state index is 9.36. The van der Waals surface area contributed by atoms with Crippen LogP contribution in [-0.4, -0.2) is 36.6 Å². The molecule has 1 aliphatic carbocycles. The van der Waals surface area contributed by atoms with Gasteiger partial charge in [-0.1, -0.05) is 133 Å². The summed E-state index contributed by atoms with van der Waals surface area (Å²) in [5.41, 5.74) is 15.4. The van der Waals surface area contributed by atoms with E-state index in [0.29, 0.717) is 0 Å². The fourth-order valence-corrected chi connectivity index (χ4v) is 8.45. The summed E-state index contributed by atoms with van der Waals surface area (Å²) in [6.07, 6.45) is 0. The third-order valence-electron chi connectivity index (χ3n) is 11.0. The van der Waals surface area contributed by atoms with E-state index in [4.69, 9.17) is 9.47 Å². The van der Waals surface area contributed by atoms with Gasteiger partial charge < -0.3 is 19.7 Å². The van der Waals surface area contributed by atoms with Gasteiger partial charge in [-0.3, -0.25) is 0 Å². The highest BCUT2D eigenvalue weighted by molar-refractivity contribution is 5.89. The van der Waals surface area contributed by atoms with Gasteiger partial charge in [-0.05, 0) is 139 Å². The van der Waals surface area contributed by atoms with Crippen LogP contribution in [0.1, 0.15) is 22.3 Å². The van der Waals surface area contributed by atoms with Crippen LogP contribution in [0.3, 0.4) is 0 Å². The minimum Gasteiger partial charge on any atom is -0.491 e. The second-order valence-electron chi connectivity index (χ2n) is 14.4. The average Bonchev–Trinajstić information content (AvgIpc) is 3.59. The van der Waals surface area contributed by atoms with Gasteiger partial charge in [0.1, 0.15) is 24.7 Å². The number of hydrogen-bond acceptors (Lipinski definition) is 4. The minimum atomic E-state index is -0.694. The molecule has 4 heteroatoms. The van der Waals surface area contributed by atoms with Crippen molar-refractivity contribution < 1.29 is 19.7 Å². The second kappa shape index (κ2) is 15.8. The van der Waals surface area contributed by atoms with Crippen molar-refractivity contribution in [1.82, 2.24) is 0 Å². The van der Waals surface area contributed by atoms with Crippen molar-refractivity contribution in [3.05, 3.63) is 216 Å². The molecule has 0 aromatic heterocycles. The van der Waals surface area contributed by atoms with Crippen LogP contribution < -0.4 is 9.47 Å². The summed E-state index contributed by atoms with van der Waals surface area (Å²) in [5.74, 6) is 1.45. The smallest absolute Gasteiger partial charge is 0.119 e. The molecule has 4 nitrogen and oxygen atoms in total. The monoisotopic (exact) mass is 742 g/mol. The summed E-state index contributed by atoms with van der Waals surface area (Å²) in [6.45, 7) is 0.430. The number of aliphatic hydroxyl groups excluding tert-OH is 2. The third kappa shape index (κ3) is 6.80. The number of rotatable bonds is 12. The highest BCUT2D eigenvalue weighted by atomic mass is 16.5. The zero-order chi connectivity index (χ0) is 38.6. The molecule has 0 aliphatic heterocycles. The fourth-order valence-electron chi connectivity index (χ4n) is 8.45. The number of ether oxygens (including phenoxy) is 2. The van der Waals surface area contributed by atoms with E-state index in [1.165, 1.54) is 33.4 Å². The lowest BCUT2D eigenvalue weighted by molar-refractivity contribution is 0.201. The largest absolute Gasteiger partial charge is 0.491 e. The molecule has 278 valence electrons. The van der Waals surface area contributed by atoms with Crippen LogP contribution in [0, 0.1) is 0 Å². The van der Waals surface area contributed by atoms with Crippen LogP contribution in [0.4, 0.5) is 0 Å². The van der Waals surface area contributed by atoms with Gasteiger partial charge in [-0.25, -0.2) is 0 Å². The minimum absolute atomic E-state index is 0.0349. The highest BCUT2D eigenvalue weighted by Gasteiger charge is 2.46. The molecule has 8 aromatic carbocycles. The van der Waals surface area contributed by atoms with Gasteiger partial charge in [-0.2, -0.15) is 0 Å². The van der Waals surface area contributed by atoms with Gasteiger partial charge >= 0.3 is 0 Å². The predicted octanol–water partition coefficient (Wildman–Crippen LogP) is 11.5. The van der Waals surface area contributed by atoms with Crippen molar-refractivity contribution in [2.75, 3.05) is 26.4 Å². The Balaban J connectivity index is 1.35. The van der Waals surface area contributed by atoms with E-state index in [0.717, 1.165) is 56.0 Å². The Morgan fingerprint density at radius 3 is 1.04 bits per heavy atom. The van der Waals surface area contributed by atoms with Crippen LogP contribution in [0.2, 0.25) is 0 Å². The zero-order valence-electron chi connectivity index (χ0n) is 31.5. The van der Waals surface area contributed by atoms with E-state index in [1.807, 2.05) is 24.3 Å². The Bertz CT molecular complexity index is 2450. The Kier molecular flexibility index (Phi) is 9.96. The Morgan fingerprint density at radius 2 is 0.667 bits per heavy atom. The van der Waals surface area contributed by atoms with Crippen molar-refractivity contribution in [2.24, 2.45) is 0 Å². The Labute approximate surface area is 333 Å². The molecular formula is C53H42O4. The first-order valence-corrected chi connectivity index (χ1v) is 19.5. The lowest BCUT2D eigenvalue weighted by atomic mass is 9.66. The molecular weight excluding hydrogens is 701 g/mol. The zero-order valence-corrected chi connectivity index (χ0v) is 31.5. The van der Waals surface area contributed by atoms with Gasteiger partial charge in [0.15, 0.2) is 0 Å². The molecule has 0 spiro atoms. The Hall–Kier alpha value is -6.72. The molecule has 0 unspecified atom stereocenters. The summed E-state index contributed by atoms with van der Waals surface area (Å²) in [7, 11) is 0. The van der Waals surface area contributed by atoms with Gasteiger partial charge in [0.2, 0.25) is 0 Å². The highest BCUT2D eigenvalue weighted by Crippen LogP contribution is 2.57. The quantitative estimate of drug-likeness (QED) is 0.131. The van der Waals surface area contributed by atoms with Gasteiger partial charge in [0, 0.05) is 0 Å². The number of hydrogen-bond donors (Lipinski definition) is 2. The van der Waals surface area contributed by atoms with Gasteiger partial charge in [0.25, 0.3) is 0 Å². The number of fused-ring (bicyclic) bond motifs is 3. The summed E-state index contributed by atoms with van der Waals surface area (Å²) < 4.78 is 11.5. The van der Waals surface area contributed by atoms with Crippen LogP contribution in [0.25, 0.3) is 55.6 Å². The SMILES string of the molecule is OCCOc1ccc(-c2cc(-c3ccccc3)cc(C3(c4cc(-c5ccccc5)cc(-c5ccc(OCCO)cc5)c4)c4ccccc4-c4ccccc43)c2)cc1. The van der Waals surface area contributed by atoms with E-state index in [-0.39, 0.29) is 26.4 Å².